The molecule has 0 N–H and O–H groups in total. The molecule has 0 bridgehead atoms. The van der Waals surface area contributed by atoms with E-state index in [1.807, 2.05) is 0 Å². The van der Waals surface area contributed by atoms with E-state index in [9.17, 15) is 18.0 Å². The number of aromatic nitrogens is 1. The van der Waals surface area contributed by atoms with Gasteiger partial charge >= 0.3 is 5.97 Å². The van der Waals surface area contributed by atoms with Gasteiger partial charge in [0.2, 0.25) is 10.0 Å². The largest absolute Gasteiger partial charge is 0.497 e. The maximum Gasteiger partial charge on any atom is 0.354 e. The molecule has 1 aromatic heterocycles. The molecule has 1 aliphatic heterocycles. The Morgan fingerprint density at radius 3 is 2.39 bits per heavy atom. The molecule has 10 heteroatoms. The number of ketones is 1. The molecular weight excluding hydrogens is 448 g/mol. The van der Waals surface area contributed by atoms with Gasteiger partial charge in [-0.25, -0.2) is 13.2 Å². The summed E-state index contributed by atoms with van der Waals surface area (Å²) in [5, 5.41) is 0. The number of carbonyl (C=O) groups excluding carboxylic acids is 2. The molecule has 2 heterocycles. The first-order chi connectivity index (χ1) is 15.6. The lowest BCUT2D eigenvalue weighted by molar-refractivity contribution is 0.0588. The number of carbonyl (C=O) groups is 2. The molecule has 9 nitrogen and oxygen atoms in total. The number of nitrogens with zero attached hydrogens (tertiary/aromatic N) is 2. The Balaban J connectivity index is 1.97. The zero-order chi connectivity index (χ0) is 24.3. The number of hydrogen-bond donors (Lipinski definition) is 0. The average molecular weight is 479 g/mol. The second-order valence-corrected chi connectivity index (χ2v) is 9.95. The van der Waals surface area contributed by atoms with E-state index < -0.39 is 21.8 Å². The Morgan fingerprint density at radius 1 is 1.18 bits per heavy atom. The minimum absolute atomic E-state index is 0.0610. The summed E-state index contributed by atoms with van der Waals surface area (Å²) < 4.78 is 45.3. The monoisotopic (exact) mass is 478 g/mol. The van der Waals surface area contributed by atoms with Gasteiger partial charge in [-0.3, -0.25) is 4.79 Å². The van der Waals surface area contributed by atoms with Crippen LogP contribution in [0.2, 0.25) is 0 Å². The van der Waals surface area contributed by atoms with Gasteiger partial charge in [0.1, 0.15) is 11.4 Å². The first-order valence-electron chi connectivity index (χ1n) is 10.6. The highest BCUT2D eigenvalue weighted by Crippen LogP contribution is 2.26. The van der Waals surface area contributed by atoms with Crippen molar-refractivity contribution in [2.75, 3.05) is 33.9 Å². The minimum atomic E-state index is -3.99. The van der Waals surface area contributed by atoms with Crippen LogP contribution in [0.4, 0.5) is 0 Å². The lowest BCUT2D eigenvalue weighted by atomic mass is 10.1. The molecule has 0 aliphatic carbocycles. The fourth-order valence-electron chi connectivity index (χ4n) is 4.17. The van der Waals surface area contributed by atoms with E-state index in [-0.39, 0.29) is 29.8 Å². The number of esters is 1. The first kappa shape index (κ1) is 24.9. The zero-order valence-electron chi connectivity index (χ0n) is 19.6. The lowest BCUT2D eigenvalue weighted by Crippen LogP contribution is -2.41. The van der Waals surface area contributed by atoms with Gasteiger partial charge in [0.05, 0.1) is 31.8 Å². The van der Waals surface area contributed by atoms with Crippen LogP contribution in [-0.4, -0.2) is 69.1 Å². The SMILES string of the molecule is COC(=O)c1c(C)c(C(=O)CN(CC2CCCO2)S(=O)(=O)c2ccc(OC)cc2)c(C)n1C. The van der Waals surface area contributed by atoms with E-state index in [1.54, 1.807) is 37.6 Å². The topological polar surface area (TPSA) is 104 Å². The maximum atomic E-state index is 13.5. The van der Waals surface area contributed by atoms with Gasteiger partial charge in [0, 0.05) is 31.5 Å². The summed E-state index contributed by atoms with van der Waals surface area (Å²) in [5.74, 6) is -0.424. The predicted octanol–water partition coefficient (Wildman–Crippen LogP) is 2.49. The van der Waals surface area contributed by atoms with Crippen molar-refractivity contribution in [2.24, 2.45) is 7.05 Å². The van der Waals surface area contributed by atoms with Gasteiger partial charge in [0.15, 0.2) is 5.78 Å². The number of sulfonamides is 1. The van der Waals surface area contributed by atoms with Gasteiger partial charge in [-0.2, -0.15) is 4.31 Å². The molecule has 1 unspecified atom stereocenters. The first-order valence-corrected chi connectivity index (χ1v) is 12.1. The number of benzene rings is 1. The van der Waals surface area contributed by atoms with Crippen LogP contribution in [0.15, 0.2) is 29.2 Å². The third-order valence-corrected chi connectivity index (χ3v) is 7.86. The standard InChI is InChI=1S/C23H30N2O7S/c1-15-21(16(2)24(3)22(15)23(27)31-5)20(26)14-25(13-18-7-6-12-32-18)33(28,29)19-10-8-17(30-4)9-11-19/h8-11,18H,6-7,12-14H2,1-5H3. The van der Waals surface area contributed by atoms with Gasteiger partial charge in [-0.1, -0.05) is 0 Å². The van der Waals surface area contributed by atoms with E-state index in [0.717, 1.165) is 17.1 Å². The molecule has 0 radical (unpaired) electrons. The molecule has 1 atom stereocenters. The van der Waals surface area contributed by atoms with Crippen LogP contribution < -0.4 is 4.74 Å². The van der Waals surface area contributed by atoms with Gasteiger partial charge in [-0.05, 0) is 56.5 Å². The fraction of sp³-hybridized carbons (Fsp3) is 0.478. The summed E-state index contributed by atoms with van der Waals surface area (Å²) in [6.07, 6.45) is 1.28. The minimum Gasteiger partial charge on any atom is -0.497 e. The van der Waals surface area contributed by atoms with Crippen molar-refractivity contribution in [2.45, 2.75) is 37.7 Å². The maximum absolute atomic E-state index is 13.5. The second-order valence-electron chi connectivity index (χ2n) is 8.02. The van der Waals surface area contributed by atoms with Crippen molar-refractivity contribution in [1.82, 2.24) is 8.87 Å². The summed E-state index contributed by atoms with van der Waals surface area (Å²) >= 11 is 0. The molecular formula is C23H30N2O7S. The van der Waals surface area contributed by atoms with Gasteiger partial charge in [0.25, 0.3) is 0 Å². The number of Topliss-reactive ketones (excluding diaryl/α,β-unsaturated/α-hetero) is 1. The molecule has 1 fully saturated rings. The van der Waals surface area contributed by atoms with E-state index in [2.05, 4.69) is 0 Å². The Bertz CT molecular complexity index is 1130. The number of hydrogen-bond acceptors (Lipinski definition) is 7. The summed E-state index contributed by atoms with van der Waals surface area (Å²) in [7, 11) is 0.455. The fourth-order valence-corrected chi connectivity index (χ4v) is 5.60. The Kier molecular flexibility index (Phi) is 7.61. The third-order valence-electron chi connectivity index (χ3n) is 6.04. The van der Waals surface area contributed by atoms with E-state index in [4.69, 9.17) is 14.2 Å². The highest BCUT2D eigenvalue weighted by molar-refractivity contribution is 7.89. The van der Waals surface area contributed by atoms with Gasteiger partial charge in [-0.15, -0.1) is 0 Å². The molecule has 1 saturated heterocycles. The smallest absolute Gasteiger partial charge is 0.354 e. The van der Waals surface area contributed by atoms with Crippen LogP contribution in [0.3, 0.4) is 0 Å². The lowest BCUT2D eigenvalue weighted by Gasteiger charge is -2.24. The van der Waals surface area contributed by atoms with Crippen LogP contribution in [0.1, 0.15) is 44.9 Å². The van der Waals surface area contributed by atoms with E-state index in [0.29, 0.717) is 29.2 Å². The molecule has 1 aromatic carbocycles. The Hall–Kier alpha value is -2.69. The summed E-state index contributed by atoms with van der Waals surface area (Å²) in [6.45, 7) is 3.63. The second kappa shape index (κ2) is 10.1. The van der Waals surface area contributed by atoms with Crippen LogP contribution in [0, 0.1) is 13.8 Å². The van der Waals surface area contributed by atoms with Crippen LogP contribution in [-0.2, 0) is 26.5 Å². The molecule has 2 aromatic rings. The number of methoxy groups -OCH3 is 2. The van der Waals surface area contributed by atoms with Crippen molar-refractivity contribution in [3.05, 3.63) is 46.8 Å². The van der Waals surface area contributed by atoms with Crippen molar-refractivity contribution in [3.63, 3.8) is 0 Å². The zero-order valence-corrected chi connectivity index (χ0v) is 20.4. The number of rotatable bonds is 9. The third kappa shape index (κ3) is 4.97. The Labute approximate surface area is 194 Å². The van der Waals surface area contributed by atoms with Crippen molar-refractivity contribution in [3.8, 4) is 5.75 Å². The molecule has 0 amide bonds. The van der Waals surface area contributed by atoms with Gasteiger partial charge < -0.3 is 18.8 Å². The summed E-state index contributed by atoms with van der Waals surface area (Å²) in [5.41, 5.74) is 1.62. The molecule has 0 spiro atoms. The molecule has 33 heavy (non-hydrogen) atoms. The summed E-state index contributed by atoms with van der Waals surface area (Å²) in [4.78, 5) is 25.7. The van der Waals surface area contributed by atoms with Crippen molar-refractivity contribution in [1.29, 1.82) is 0 Å². The van der Waals surface area contributed by atoms with E-state index in [1.165, 1.54) is 26.4 Å². The van der Waals surface area contributed by atoms with E-state index >= 15 is 0 Å². The normalized spacial score (nSPS) is 16.2. The molecule has 1 aliphatic rings. The number of ether oxygens (including phenoxy) is 3. The Morgan fingerprint density at radius 2 is 1.85 bits per heavy atom. The average Bonchev–Trinajstić information content (AvgIpc) is 3.39. The predicted molar refractivity (Wildman–Crippen MR) is 121 cm³/mol. The van der Waals surface area contributed by atoms with Crippen LogP contribution in [0.25, 0.3) is 0 Å². The van der Waals surface area contributed by atoms with Crippen molar-refractivity contribution < 1.29 is 32.2 Å². The highest BCUT2D eigenvalue weighted by atomic mass is 32.2. The highest BCUT2D eigenvalue weighted by Gasteiger charge is 2.33. The van der Waals surface area contributed by atoms with Crippen LogP contribution in [0.5, 0.6) is 5.75 Å². The van der Waals surface area contributed by atoms with Crippen LogP contribution >= 0.6 is 0 Å². The van der Waals surface area contributed by atoms with Crippen molar-refractivity contribution >= 4 is 21.8 Å². The molecule has 180 valence electrons. The summed E-state index contributed by atoms with van der Waals surface area (Å²) in [6, 6.07) is 6.03. The molecule has 0 saturated carbocycles. The molecule has 3 rings (SSSR count). The quantitative estimate of drug-likeness (QED) is 0.403.